The van der Waals surface area contributed by atoms with Gasteiger partial charge in [0.05, 0.1) is 10.6 Å². The van der Waals surface area contributed by atoms with Crippen LogP contribution in [0.4, 0.5) is 10.1 Å². The molecule has 10 heteroatoms. The Bertz CT molecular complexity index is 1060. The highest BCUT2D eigenvalue weighted by atomic mass is 32.2. The van der Waals surface area contributed by atoms with Gasteiger partial charge in [-0.05, 0) is 42.5 Å². The Balaban J connectivity index is 2.29. The summed E-state index contributed by atoms with van der Waals surface area (Å²) in [6, 6.07) is 8.58. The lowest BCUT2D eigenvalue weighted by molar-refractivity contribution is 0.102. The highest BCUT2D eigenvalue weighted by molar-refractivity contribution is 7.91. The first-order valence-electron chi connectivity index (χ1n) is 7.85. The van der Waals surface area contributed by atoms with Gasteiger partial charge in [-0.3, -0.25) is 4.79 Å². The molecule has 27 heavy (non-hydrogen) atoms. The molecule has 7 nitrogen and oxygen atoms in total. The van der Waals surface area contributed by atoms with Gasteiger partial charge in [0.1, 0.15) is 10.7 Å². The molecule has 0 radical (unpaired) electrons. The fourth-order valence-corrected chi connectivity index (χ4v) is 4.02. The predicted octanol–water partition coefficient (Wildman–Crippen LogP) is 2.12. The number of nitrogens with zero attached hydrogens (tertiary/aromatic N) is 1. The number of nitrogens with one attached hydrogen (secondary N) is 1. The first-order chi connectivity index (χ1) is 12.5. The normalized spacial score (nSPS) is 12.2. The van der Waals surface area contributed by atoms with E-state index in [9.17, 15) is 26.0 Å². The summed E-state index contributed by atoms with van der Waals surface area (Å²) in [5.74, 6) is -1.66. The molecule has 0 atom stereocenters. The first kappa shape index (κ1) is 21.0. The number of carbonyl (C=O) groups is 1. The quantitative estimate of drug-likeness (QED) is 0.780. The van der Waals surface area contributed by atoms with Crippen LogP contribution < -0.4 is 5.32 Å². The van der Waals surface area contributed by atoms with Crippen molar-refractivity contribution >= 4 is 31.5 Å². The number of sulfone groups is 1. The number of anilines is 1. The molecule has 146 valence electrons. The molecule has 0 bridgehead atoms. The third-order valence-electron chi connectivity index (χ3n) is 3.80. The van der Waals surface area contributed by atoms with Crippen LogP contribution in [0.15, 0.2) is 52.3 Å². The molecule has 0 spiro atoms. The zero-order valence-electron chi connectivity index (χ0n) is 14.9. The third kappa shape index (κ3) is 4.52. The molecule has 0 fully saturated rings. The van der Waals surface area contributed by atoms with Crippen molar-refractivity contribution in [3.05, 3.63) is 53.8 Å². The number of halogens is 1. The molecule has 0 heterocycles. The van der Waals surface area contributed by atoms with Gasteiger partial charge in [-0.25, -0.2) is 25.5 Å². The summed E-state index contributed by atoms with van der Waals surface area (Å²) in [4.78, 5) is 11.9. The van der Waals surface area contributed by atoms with E-state index >= 15 is 0 Å². The van der Waals surface area contributed by atoms with Crippen molar-refractivity contribution in [2.75, 3.05) is 25.2 Å². The lowest BCUT2D eigenvalue weighted by Crippen LogP contribution is -2.24. The predicted molar refractivity (Wildman–Crippen MR) is 99.4 cm³/mol. The van der Waals surface area contributed by atoms with Crippen LogP contribution in [0.25, 0.3) is 0 Å². The minimum absolute atomic E-state index is 0.0442. The van der Waals surface area contributed by atoms with Crippen molar-refractivity contribution in [3.8, 4) is 0 Å². The van der Waals surface area contributed by atoms with Gasteiger partial charge in [0.2, 0.25) is 10.0 Å². The summed E-state index contributed by atoms with van der Waals surface area (Å²) in [7, 11) is -4.89. The molecule has 0 unspecified atom stereocenters. The highest BCUT2D eigenvalue weighted by Gasteiger charge is 2.23. The van der Waals surface area contributed by atoms with Gasteiger partial charge in [0.25, 0.3) is 5.91 Å². The molecule has 0 aromatic heterocycles. The molecule has 1 amide bonds. The van der Waals surface area contributed by atoms with Crippen LogP contribution in [0.1, 0.15) is 17.3 Å². The molecular weight excluding hydrogens is 395 g/mol. The topological polar surface area (TPSA) is 101 Å². The Morgan fingerprint density at radius 1 is 1.04 bits per heavy atom. The smallest absolute Gasteiger partial charge is 0.255 e. The standard InChI is InChI=1S/C17H19FN2O5S2/c1-4-26(22,23)14-8-6-13(7-9-14)19-17(21)12-5-10-15(18)16(11-12)27(24,25)20(2)3/h5-11H,4H2,1-3H3,(H,19,21). The summed E-state index contributed by atoms with van der Waals surface area (Å²) < 4.78 is 62.6. The molecule has 2 aromatic carbocycles. The van der Waals surface area contributed by atoms with Gasteiger partial charge in [0.15, 0.2) is 9.84 Å². The molecule has 0 saturated carbocycles. The van der Waals surface area contributed by atoms with E-state index in [1.807, 2.05) is 0 Å². The summed E-state index contributed by atoms with van der Waals surface area (Å²) >= 11 is 0. The van der Waals surface area contributed by atoms with E-state index in [1.165, 1.54) is 45.3 Å². The van der Waals surface area contributed by atoms with Gasteiger partial charge < -0.3 is 5.32 Å². The Kier molecular flexibility index (Phi) is 6.03. The summed E-state index contributed by atoms with van der Waals surface area (Å²) in [6.45, 7) is 1.53. The monoisotopic (exact) mass is 414 g/mol. The number of benzene rings is 2. The average Bonchev–Trinajstić information content (AvgIpc) is 2.62. The minimum Gasteiger partial charge on any atom is -0.322 e. The maximum atomic E-state index is 13.9. The third-order valence-corrected chi connectivity index (χ3v) is 7.38. The molecular formula is C17H19FN2O5S2. The average molecular weight is 414 g/mol. The second kappa shape index (κ2) is 7.75. The zero-order valence-corrected chi connectivity index (χ0v) is 16.6. The minimum atomic E-state index is -4.05. The molecule has 0 saturated heterocycles. The lowest BCUT2D eigenvalue weighted by Gasteiger charge is -2.13. The fraction of sp³-hybridized carbons (Fsp3) is 0.235. The van der Waals surface area contributed by atoms with E-state index in [2.05, 4.69) is 5.32 Å². The van der Waals surface area contributed by atoms with Gasteiger partial charge in [-0.1, -0.05) is 6.92 Å². The molecule has 0 aliphatic rings. The zero-order chi connectivity index (χ0) is 20.4. The van der Waals surface area contributed by atoms with Crippen LogP contribution in [-0.2, 0) is 19.9 Å². The summed E-state index contributed by atoms with van der Waals surface area (Å²) in [5, 5.41) is 2.52. The summed E-state index contributed by atoms with van der Waals surface area (Å²) in [6.07, 6.45) is 0. The van der Waals surface area contributed by atoms with Crippen LogP contribution in [-0.4, -0.2) is 46.9 Å². The highest BCUT2D eigenvalue weighted by Crippen LogP contribution is 2.21. The Morgan fingerprint density at radius 2 is 1.63 bits per heavy atom. The fourth-order valence-electron chi connectivity index (χ4n) is 2.15. The van der Waals surface area contributed by atoms with Gasteiger partial charge in [0, 0.05) is 25.3 Å². The van der Waals surface area contributed by atoms with E-state index in [4.69, 9.17) is 0 Å². The van der Waals surface area contributed by atoms with Crippen molar-refractivity contribution in [2.24, 2.45) is 0 Å². The van der Waals surface area contributed by atoms with Crippen molar-refractivity contribution in [3.63, 3.8) is 0 Å². The lowest BCUT2D eigenvalue weighted by atomic mass is 10.2. The van der Waals surface area contributed by atoms with Crippen LogP contribution in [0.2, 0.25) is 0 Å². The largest absolute Gasteiger partial charge is 0.322 e. The number of amides is 1. The number of carbonyl (C=O) groups excluding carboxylic acids is 1. The maximum Gasteiger partial charge on any atom is 0.255 e. The van der Waals surface area contributed by atoms with Gasteiger partial charge in [-0.2, -0.15) is 0 Å². The van der Waals surface area contributed by atoms with Gasteiger partial charge in [-0.15, -0.1) is 0 Å². The SMILES string of the molecule is CCS(=O)(=O)c1ccc(NC(=O)c2ccc(F)c(S(=O)(=O)N(C)C)c2)cc1. The van der Waals surface area contributed by atoms with Crippen molar-refractivity contribution in [1.82, 2.24) is 4.31 Å². The van der Waals surface area contributed by atoms with Crippen LogP contribution in [0.5, 0.6) is 0 Å². The molecule has 0 aliphatic heterocycles. The first-order valence-corrected chi connectivity index (χ1v) is 10.9. The van der Waals surface area contributed by atoms with E-state index in [0.717, 1.165) is 22.5 Å². The molecule has 0 aliphatic carbocycles. The Morgan fingerprint density at radius 3 is 2.15 bits per heavy atom. The second-order valence-corrected chi connectivity index (χ2v) is 10.2. The van der Waals surface area contributed by atoms with Crippen LogP contribution in [0, 0.1) is 5.82 Å². The molecule has 2 aromatic rings. The Labute approximate surface area is 157 Å². The van der Waals surface area contributed by atoms with Crippen LogP contribution >= 0.6 is 0 Å². The number of hydrogen-bond donors (Lipinski definition) is 1. The van der Waals surface area contributed by atoms with Gasteiger partial charge >= 0.3 is 0 Å². The van der Waals surface area contributed by atoms with E-state index in [-0.39, 0.29) is 16.2 Å². The number of sulfonamides is 1. The van der Waals surface area contributed by atoms with Crippen molar-refractivity contribution in [2.45, 2.75) is 16.7 Å². The Hall–Kier alpha value is -2.30. The van der Waals surface area contributed by atoms with Crippen molar-refractivity contribution in [1.29, 1.82) is 0 Å². The maximum absolute atomic E-state index is 13.9. The summed E-state index contributed by atoms with van der Waals surface area (Å²) in [5.41, 5.74) is 0.262. The molecule has 1 N–H and O–H groups in total. The van der Waals surface area contributed by atoms with Crippen molar-refractivity contribution < 1.29 is 26.0 Å². The van der Waals surface area contributed by atoms with E-state index in [1.54, 1.807) is 0 Å². The van der Waals surface area contributed by atoms with Crippen LogP contribution in [0.3, 0.4) is 0 Å². The number of rotatable bonds is 6. The van der Waals surface area contributed by atoms with E-state index < -0.39 is 36.5 Å². The second-order valence-electron chi connectivity index (χ2n) is 5.81. The number of hydrogen-bond acceptors (Lipinski definition) is 5. The van der Waals surface area contributed by atoms with E-state index in [0.29, 0.717) is 5.69 Å². The molecule has 2 rings (SSSR count).